The van der Waals surface area contributed by atoms with Crippen molar-refractivity contribution in [1.82, 2.24) is 4.98 Å². The van der Waals surface area contributed by atoms with Gasteiger partial charge in [0.1, 0.15) is 11.8 Å². The average molecular weight is 233 g/mol. The average Bonchev–Trinajstić information content (AvgIpc) is 2.78. The normalized spacial score (nSPS) is 24.0. The molecule has 2 unspecified atom stereocenters. The number of nitrogens with zero attached hydrogens (tertiary/aromatic N) is 2. The van der Waals surface area contributed by atoms with Crippen LogP contribution in [0.25, 0.3) is 0 Å². The zero-order valence-corrected chi connectivity index (χ0v) is 10.1. The molecule has 2 rings (SSSR count). The molecule has 0 saturated heterocycles. The van der Waals surface area contributed by atoms with Crippen LogP contribution in [-0.2, 0) is 0 Å². The Kier molecular flexibility index (Phi) is 3.68. The molecule has 1 aromatic heterocycles. The van der Waals surface area contributed by atoms with Crippen LogP contribution in [0.3, 0.4) is 0 Å². The fourth-order valence-electron chi connectivity index (χ4n) is 2.07. The molecule has 0 aromatic carbocycles. The molecule has 0 aliphatic heterocycles. The van der Waals surface area contributed by atoms with Gasteiger partial charge in [-0.1, -0.05) is 0 Å². The van der Waals surface area contributed by atoms with Gasteiger partial charge in [0.2, 0.25) is 0 Å². The summed E-state index contributed by atoms with van der Waals surface area (Å²) in [6, 6.07) is 6.27. The molecule has 0 amide bonds. The number of aromatic nitrogens is 1. The van der Waals surface area contributed by atoms with Crippen LogP contribution in [0.5, 0.6) is 0 Å². The van der Waals surface area contributed by atoms with Crippen molar-refractivity contribution in [2.75, 3.05) is 11.6 Å². The van der Waals surface area contributed by atoms with Gasteiger partial charge in [-0.3, -0.25) is 0 Å². The number of pyridine rings is 1. The maximum atomic E-state index is 8.64. The molecule has 1 saturated carbocycles. The molecular weight excluding hydrogens is 218 g/mol. The van der Waals surface area contributed by atoms with Gasteiger partial charge in [-0.2, -0.15) is 17.0 Å². The zero-order valence-electron chi connectivity index (χ0n) is 9.31. The highest BCUT2D eigenvalue weighted by Gasteiger charge is 2.23. The van der Waals surface area contributed by atoms with Gasteiger partial charge in [0.15, 0.2) is 0 Å². The topological polar surface area (TPSA) is 48.7 Å². The SMILES string of the molecule is CSC1CCC(Nc2ccc(C#N)nc2)C1. The molecule has 1 aliphatic carbocycles. The second-order valence-corrected chi connectivity index (χ2v) is 5.19. The van der Waals surface area contributed by atoms with E-state index in [4.69, 9.17) is 5.26 Å². The number of hydrogen-bond donors (Lipinski definition) is 1. The number of rotatable bonds is 3. The van der Waals surface area contributed by atoms with E-state index in [1.165, 1.54) is 19.3 Å². The van der Waals surface area contributed by atoms with E-state index in [-0.39, 0.29) is 0 Å². The summed E-state index contributed by atoms with van der Waals surface area (Å²) in [4.78, 5) is 4.05. The highest BCUT2D eigenvalue weighted by atomic mass is 32.2. The molecule has 0 bridgehead atoms. The predicted molar refractivity (Wildman–Crippen MR) is 67.5 cm³/mol. The molecule has 1 N–H and O–H groups in total. The quantitative estimate of drug-likeness (QED) is 0.872. The van der Waals surface area contributed by atoms with E-state index in [0.717, 1.165) is 10.9 Å². The molecule has 84 valence electrons. The molecule has 1 fully saturated rings. The van der Waals surface area contributed by atoms with E-state index >= 15 is 0 Å². The summed E-state index contributed by atoms with van der Waals surface area (Å²) in [6.45, 7) is 0. The number of nitriles is 1. The summed E-state index contributed by atoms with van der Waals surface area (Å²) in [7, 11) is 0. The largest absolute Gasteiger partial charge is 0.381 e. The van der Waals surface area contributed by atoms with E-state index in [9.17, 15) is 0 Å². The number of anilines is 1. The third-order valence-corrected chi connectivity index (χ3v) is 4.06. The molecule has 1 heterocycles. The molecule has 2 atom stereocenters. The van der Waals surface area contributed by atoms with Crippen molar-refractivity contribution in [3.8, 4) is 6.07 Å². The molecule has 0 radical (unpaired) electrons. The summed E-state index contributed by atoms with van der Waals surface area (Å²) in [5.41, 5.74) is 1.49. The Morgan fingerprint density at radius 3 is 2.94 bits per heavy atom. The van der Waals surface area contributed by atoms with Gasteiger partial charge in [0.25, 0.3) is 0 Å². The van der Waals surface area contributed by atoms with E-state index in [2.05, 4.69) is 16.6 Å². The summed E-state index contributed by atoms with van der Waals surface area (Å²) < 4.78 is 0. The van der Waals surface area contributed by atoms with E-state index in [1.807, 2.05) is 23.9 Å². The van der Waals surface area contributed by atoms with Crippen molar-refractivity contribution >= 4 is 17.4 Å². The Balaban J connectivity index is 1.92. The van der Waals surface area contributed by atoms with Crippen molar-refractivity contribution < 1.29 is 0 Å². The molecule has 0 spiro atoms. The number of nitrogens with one attached hydrogen (secondary N) is 1. The smallest absolute Gasteiger partial charge is 0.140 e. The fourth-order valence-corrected chi connectivity index (χ4v) is 2.86. The first-order chi connectivity index (χ1) is 7.81. The van der Waals surface area contributed by atoms with Crippen molar-refractivity contribution in [3.63, 3.8) is 0 Å². The van der Waals surface area contributed by atoms with Gasteiger partial charge in [0.05, 0.1) is 11.9 Å². The standard InChI is InChI=1S/C12H15N3S/c1-16-12-5-4-9(6-12)15-11-3-2-10(7-13)14-8-11/h2-3,8-9,12,15H,4-6H2,1H3. The predicted octanol–water partition coefficient (Wildman–Crippen LogP) is 2.65. The van der Waals surface area contributed by atoms with Gasteiger partial charge in [0, 0.05) is 11.3 Å². The van der Waals surface area contributed by atoms with Gasteiger partial charge in [-0.25, -0.2) is 4.98 Å². The maximum absolute atomic E-state index is 8.64. The van der Waals surface area contributed by atoms with E-state index in [0.29, 0.717) is 11.7 Å². The Morgan fingerprint density at radius 1 is 1.50 bits per heavy atom. The third-order valence-electron chi connectivity index (χ3n) is 2.97. The van der Waals surface area contributed by atoms with Gasteiger partial charge in [-0.15, -0.1) is 0 Å². The summed E-state index contributed by atoms with van der Waals surface area (Å²) in [5.74, 6) is 0. The molecule has 3 nitrogen and oxygen atoms in total. The lowest BCUT2D eigenvalue weighted by Crippen LogP contribution is -2.15. The van der Waals surface area contributed by atoms with Crippen LogP contribution in [-0.4, -0.2) is 22.5 Å². The highest BCUT2D eigenvalue weighted by Crippen LogP contribution is 2.30. The molecular formula is C12H15N3S. The maximum Gasteiger partial charge on any atom is 0.140 e. The molecule has 1 aromatic rings. The van der Waals surface area contributed by atoms with Crippen LogP contribution < -0.4 is 5.32 Å². The minimum Gasteiger partial charge on any atom is -0.381 e. The first-order valence-electron chi connectivity index (χ1n) is 5.47. The Labute approximate surface area is 100 Å². The fraction of sp³-hybridized carbons (Fsp3) is 0.500. The lowest BCUT2D eigenvalue weighted by Gasteiger charge is -2.13. The lowest BCUT2D eigenvalue weighted by molar-refractivity contribution is 0.756. The summed E-state index contributed by atoms with van der Waals surface area (Å²) in [6.07, 6.45) is 7.66. The van der Waals surface area contributed by atoms with E-state index in [1.54, 1.807) is 12.3 Å². The Bertz CT molecular complexity index is 382. The summed E-state index contributed by atoms with van der Waals surface area (Å²) in [5, 5.41) is 12.9. The van der Waals surface area contributed by atoms with E-state index < -0.39 is 0 Å². The lowest BCUT2D eigenvalue weighted by atomic mass is 10.2. The van der Waals surface area contributed by atoms with Crippen molar-refractivity contribution in [1.29, 1.82) is 5.26 Å². The van der Waals surface area contributed by atoms with Gasteiger partial charge in [-0.05, 0) is 37.7 Å². The molecule has 16 heavy (non-hydrogen) atoms. The van der Waals surface area contributed by atoms with Gasteiger partial charge >= 0.3 is 0 Å². The third kappa shape index (κ3) is 2.67. The molecule has 1 aliphatic rings. The first-order valence-corrected chi connectivity index (χ1v) is 6.76. The molecule has 4 heteroatoms. The first kappa shape index (κ1) is 11.3. The van der Waals surface area contributed by atoms with Crippen LogP contribution in [0, 0.1) is 11.3 Å². The van der Waals surface area contributed by atoms with Gasteiger partial charge < -0.3 is 5.32 Å². The monoisotopic (exact) mass is 233 g/mol. The minimum absolute atomic E-state index is 0.471. The second-order valence-electron chi connectivity index (χ2n) is 4.06. The number of thioether (sulfide) groups is 1. The Morgan fingerprint density at radius 2 is 2.38 bits per heavy atom. The van der Waals surface area contributed by atoms with Crippen LogP contribution in [0.4, 0.5) is 5.69 Å². The minimum atomic E-state index is 0.471. The van der Waals surface area contributed by atoms with Crippen LogP contribution >= 0.6 is 11.8 Å². The van der Waals surface area contributed by atoms with Crippen LogP contribution in [0.2, 0.25) is 0 Å². The Hall–Kier alpha value is -1.21. The van der Waals surface area contributed by atoms with Crippen molar-refractivity contribution in [2.24, 2.45) is 0 Å². The van der Waals surface area contributed by atoms with Crippen LogP contribution in [0.15, 0.2) is 18.3 Å². The van der Waals surface area contributed by atoms with Crippen molar-refractivity contribution in [3.05, 3.63) is 24.0 Å². The van der Waals surface area contributed by atoms with Crippen LogP contribution in [0.1, 0.15) is 25.0 Å². The zero-order chi connectivity index (χ0) is 11.4. The summed E-state index contributed by atoms with van der Waals surface area (Å²) >= 11 is 1.95. The number of hydrogen-bond acceptors (Lipinski definition) is 4. The van der Waals surface area contributed by atoms with Crippen molar-refractivity contribution in [2.45, 2.75) is 30.6 Å². The second kappa shape index (κ2) is 5.22. The highest BCUT2D eigenvalue weighted by molar-refractivity contribution is 7.99.